The molecule has 0 saturated carbocycles. The third-order valence-corrected chi connectivity index (χ3v) is 8.46. The molecule has 1 aromatic carbocycles. The van der Waals surface area contributed by atoms with Gasteiger partial charge in [0.15, 0.2) is 5.76 Å². The summed E-state index contributed by atoms with van der Waals surface area (Å²) in [6.45, 7) is 10.9. The van der Waals surface area contributed by atoms with Crippen LogP contribution in [0.2, 0.25) is 0 Å². The maximum Gasteiger partial charge on any atom is 0.323 e. The van der Waals surface area contributed by atoms with Crippen molar-refractivity contribution in [2.75, 3.05) is 64.6 Å². The first-order chi connectivity index (χ1) is 22.3. The van der Waals surface area contributed by atoms with Gasteiger partial charge in [0.05, 0.1) is 30.4 Å². The van der Waals surface area contributed by atoms with Crippen molar-refractivity contribution < 1.29 is 33.5 Å². The van der Waals surface area contributed by atoms with E-state index in [1.165, 1.54) is 0 Å². The molecule has 0 unspecified atom stereocenters. The Bertz CT molecular complexity index is 1310. The van der Waals surface area contributed by atoms with E-state index in [0.29, 0.717) is 48.2 Å². The lowest BCUT2D eigenvalue weighted by atomic mass is 10.0. The molecule has 0 saturated heterocycles. The zero-order valence-electron chi connectivity index (χ0n) is 29.3. The van der Waals surface area contributed by atoms with Crippen LogP contribution < -0.4 is 15.4 Å². The molecule has 0 spiro atoms. The first-order valence-electron chi connectivity index (χ1n) is 16.5. The molecule has 1 aromatic heterocycles. The van der Waals surface area contributed by atoms with E-state index in [1.54, 1.807) is 55.8 Å². The Kier molecular flexibility index (Phi) is 14.5. The number of rotatable bonds is 10. The number of aromatic nitrogens is 1. The first-order valence-corrected chi connectivity index (χ1v) is 16.5. The van der Waals surface area contributed by atoms with Crippen LogP contribution in [0.4, 0.5) is 16.2 Å². The van der Waals surface area contributed by atoms with Crippen molar-refractivity contribution in [3.63, 3.8) is 0 Å². The number of ether oxygens (including phenoxy) is 2. The van der Waals surface area contributed by atoms with Crippen LogP contribution in [-0.2, 0) is 9.53 Å². The van der Waals surface area contributed by atoms with Gasteiger partial charge in [-0.1, -0.05) is 12.1 Å². The van der Waals surface area contributed by atoms with Gasteiger partial charge in [0, 0.05) is 44.8 Å². The molecule has 2 aromatic rings. The minimum absolute atomic E-state index is 0.0528. The normalized spacial score (nSPS) is 20.2. The summed E-state index contributed by atoms with van der Waals surface area (Å²) in [5.74, 6) is 0.411. The Balaban J connectivity index is 1.88. The molecule has 3 N–H and O–H groups in total. The lowest BCUT2D eigenvalue weighted by Gasteiger charge is -2.36. The monoisotopic (exact) mass is 658 g/mol. The maximum atomic E-state index is 14.3. The third-order valence-electron chi connectivity index (χ3n) is 8.46. The maximum absolute atomic E-state index is 14.3. The van der Waals surface area contributed by atoms with Gasteiger partial charge in [-0.25, -0.2) is 4.79 Å². The number of benzene rings is 1. The lowest BCUT2D eigenvalue weighted by Crippen LogP contribution is -2.48. The molecule has 13 nitrogen and oxygen atoms in total. The Morgan fingerprint density at radius 3 is 2.55 bits per heavy atom. The summed E-state index contributed by atoms with van der Waals surface area (Å²) >= 11 is 0. The van der Waals surface area contributed by atoms with Gasteiger partial charge in [0.2, 0.25) is 5.91 Å². The van der Waals surface area contributed by atoms with E-state index >= 15 is 0 Å². The Morgan fingerprint density at radius 2 is 1.89 bits per heavy atom. The van der Waals surface area contributed by atoms with Gasteiger partial charge < -0.3 is 44.4 Å². The first kappa shape index (κ1) is 37.8. The SMILES string of the molecule is Cc1noc(C)c1NC(=O)Nc1ccc2c(c1)C(=O)N([C@@H](C)CO)C[C@@H](C)[C@H](CN(C)C(=O)CCCN(C)C)OCCCC[C@H](C)O2. The fourth-order valence-corrected chi connectivity index (χ4v) is 5.51. The number of aliphatic hydroxyl groups excluding tert-OH is 1. The van der Waals surface area contributed by atoms with Crippen LogP contribution in [0.1, 0.15) is 74.7 Å². The number of nitrogens with zero attached hydrogens (tertiary/aromatic N) is 4. The summed E-state index contributed by atoms with van der Waals surface area (Å²) in [6.07, 6.45) is 3.14. The lowest BCUT2D eigenvalue weighted by molar-refractivity contribution is -0.132. The number of aryl methyl sites for hydroxylation is 2. The number of amides is 4. The zero-order valence-corrected chi connectivity index (χ0v) is 29.3. The number of carbonyl (C=O) groups excluding carboxylic acids is 3. The van der Waals surface area contributed by atoms with Crippen molar-refractivity contribution in [2.45, 2.75) is 85.0 Å². The van der Waals surface area contributed by atoms with Crippen LogP contribution in [0.15, 0.2) is 22.7 Å². The molecule has 0 fully saturated rings. The van der Waals surface area contributed by atoms with Crippen LogP contribution in [-0.4, -0.2) is 115 Å². The van der Waals surface area contributed by atoms with Crippen molar-refractivity contribution in [2.24, 2.45) is 5.92 Å². The highest BCUT2D eigenvalue weighted by atomic mass is 16.5. The molecule has 4 amide bonds. The number of nitrogens with one attached hydrogen (secondary N) is 2. The van der Waals surface area contributed by atoms with Crippen molar-refractivity contribution >= 4 is 29.2 Å². The molecule has 2 heterocycles. The van der Waals surface area contributed by atoms with Gasteiger partial charge in [0.1, 0.15) is 17.1 Å². The van der Waals surface area contributed by atoms with Gasteiger partial charge in [-0.15, -0.1) is 0 Å². The number of anilines is 2. The molecule has 47 heavy (non-hydrogen) atoms. The van der Waals surface area contributed by atoms with E-state index in [2.05, 4.69) is 20.7 Å². The van der Waals surface area contributed by atoms with Crippen molar-refractivity contribution in [3.8, 4) is 5.75 Å². The molecular formula is C34H54N6O7. The van der Waals surface area contributed by atoms with Crippen LogP contribution in [0.3, 0.4) is 0 Å². The highest BCUT2D eigenvalue weighted by Crippen LogP contribution is 2.29. The summed E-state index contributed by atoms with van der Waals surface area (Å²) in [7, 11) is 5.77. The second kappa shape index (κ2) is 18.0. The smallest absolute Gasteiger partial charge is 0.323 e. The highest BCUT2D eigenvalue weighted by Gasteiger charge is 2.31. The number of hydrogen-bond acceptors (Lipinski definition) is 9. The summed E-state index contributed by atoms with van der Waals surface area (Å²) in [6, 6.07) is 3.94. The predicted molar refractivity (Wildman–Crippen MR) is 181 cm³/mol. The second-order valence-corrected chi connectivity index (χ2v) is 13.0. The molecule has 13 heteroatoms. The van der Waals surface area contributed by atoms with Gasteiger partial charge in [-0.2, -0.15) is 0 Å². The standard InChI is InChI=1S/C34H54N6O7/c1-22-19-40(23(2)21-41)33(43)28-18-27(35-34(44)36-32-25(4)37-47-26(32)5)14-15-29(28)46-24(3)12-9-10-17-45-30(22)20-39(8)31(42)13-11-16-38(6)7/h14-15,18,22-24,30,41H,9-13,16-17,19-21H2,1-8H3,(H2,35,36,44)/t22-,23+,24+,30+/m1/s1. The molecule has 3 rings (SSSR count). The molecule has 262 valence electrons. The summed E-state index contributed by atoms with van der Waals surface area (Å²) in [4.78, 5) is 45.6. The fraction of sp³-hybridized carbons (Fsp3) is 0.647. The van der Waals surface area contributed by atoms with E-state index in [1.807, 2.05) is 27.9 Å². The second-order valence-electron chi connectivity index (χ2n) is 13.0. The zero-order chi connectivity index (χ0) is 34.7. The largest absolute Gasteiger partial charge is 0.490 e. The Labute approximate surface area is 278 Å². The molecule has 1 aliphatic rings. The van der Waals surface area contributed by atoms with Gasteiger partial charge in [-0.05, 0) is 92.2 Å². The summed E-state index contributed by atoms with van der Waals surface area (Å²) < 4.78 is 17.8. The number of fused-ring (bicyclic) bond motifs is 1. The number of likely N-dealkylation sites (N-methyl/N-ethyl adjacent to an activating group) is 1. The Morgan fingerprint density at radius 1 is 1.15 bits per heavy atom. The summed E-state index contributed by atoms with van der Waals surface area (Å²) in [5.41, 5.74) is 1.68. The van der Waals surface area contributed by atoms with Gasteiger partial charge >= 0.3 is 6.03 Å². The number of carbonyl (C=O) groups is 3. The van der Waals surface area contributed by atoms with E-state index in [-0.39, 0.29) is 48.7 Å². The minimum Gasteiger partial charge on any atom is -0.490 e. The number of hydrogen-bond donors (Lipinski definition) is 3. The third kappa shape index (κ3) is 11.2. The van der Waals surface area contributed by atoms with E-state index in [9.17, 15) is 19.5 Å². The van der Waals surface area contributed by atoms with Crippen molar-refractivity contribution in [1.29, 1.82) is 0 Å². The van der Waals surface area contributed by atoms with Crippen LogP contribution >= 0.6 is 0 Å². The van der Waals surface area contributed by atoms with Crippen LogP contribution in [0.25, 0.3) is 0 Å². The number of aliphatic hydroxyl groups is 1. The van der Waals surface area contributed by atoms with Gasteiger partial charge in [-0.3, -0.25) is 9.59 Å². The van der Waals surface area contributed by atoms with Crippen LogP contribution in [0.5, 0.6) is 5.75 Å². The topological polar surface area (TPSA) is 150 Å². The molecule has 0 bridgehead atoms. The molecule has 0 aliphatic carbocycles. The van der Waals surface area contributed by atoms with Crippen molar-refractivity contribution in [1.82, 2.24) is 19.9 Å². The quantitative estimate of drug-likeness (QED) is 0.335. The van der Waals surface area contributed by atoms with Gasteiger partial charge in [0.25, 0.3) is 5.91 Å². The molecule has 4 atom stereocenters. The average molecular weight is 659 g/mol. The Hall–Kier alpha value is -3.68. The van der Waals surface area contributed by atoms with E-state index in [0.717, 1.165) is 32.2 Å². The minimum atomic E-state index is -0.520. The van der Waals surface area contributed by atoms with E-state index < -0.39 is 12.1 Å². The van der Waals surface area contributed by atoms with Crippen LogP contribution in [0, 0.1) is 19.8 Å². The predicted octanol–water partition coefficient (Wildman–Crippen LogP) is 4.53. The number of urea groups is 1. The molecular weight excluding hydrogens is 604 g/mol. The fourth-order valence-electron chi connectivity index (χ4n) is 5.51. The molecule has 0 radical (unpaired) electrons. The molecule has 1 aliphatic heterocycles. The van der Waals surface area contributed by atoms with E-state index in [4.69, 9.17) is 14.0 Å². The van der Waals surface area contributed by atoms with Crippen molar-refractivity contribution in [3.05, 3.63) is 35.2 Å². The summed E-state index contributed by atoms with van der Waals surface area (Å²) in [5, 5.41) is 19.6. The average Bonchev–Trinajstić information content (AvgIpc) is 3.34. The highest BCUT2D eigenvalue weighted by molar-refractivity contribution is 6.03.